The van der Waals surface area contributed by atoms with Crippen molar-refractivity contribution in [3.05, 3.63) is 46.1 Å². The maximum atomic E-state index is 12.1. The molecule has 0 atom stereocenters. The Kier molecular flexibility index (Phi) is 9.97. The monoisotopic (exact) mass is 416 g/mol. The zero-order valence-electron chi connectivity index (χ0n) is 19.0. The van der Waals surface area contributed by atoms with E-state index in [0.717, 1.165) is 49.3 Å². The lowest BCUT2D eigenvalue weighted by Gasteiger charge is -2.34. The largest absolute Gasteiger partial charge is 0.478 e. The average molecular weight is 417 g/mol. The van der Waals surface area contributed by atoms with E-state index in [1.165, 1.54) is 11.1 Å². The maximum absolute atomic E-state index is 12.1. The van der Waals surface area contributed by atoms with Crippen molar-refractivity contribution in [3.63, 3.8) is 0 Å². The van der Waals surface area contributed by atoms with Gasteiger partial charge in [-0.3, -0.25) is 4.79 Å². The summed E-state index contributed by atoms with van der Waals surface area (Å²) in [6.07, 6.45) is 10.9. The fraction of sp³-hybridized carbons (Fsp3) is 0.560. The normalized spacial score (nSPS) is 18.0. The summed E-state index contributed by atoms with van der Waals surface area (Å²) in [6.45, 7) is 10.6. The van der Waals surface area contributed by atoms with Crippen LogP contribution in [0, 0.1) is 5.41 Å². The van der Waals surface area contributed by atoms with Crippen molar-refractivity contribution in [1.29, 1.82) is 0 Å². The fourth-order valence-corrected chi connectivity index (χ4v) is 3.90. The maximum Gasteiger partial charge on any atom is 0.331 e. The van der Waals surface area contributed by atoms with Crippen molar-refractivity contribution < 1.29 is 24.6 Å². The lowest BCUT2D eigenvalue weighted by atomic mass is 9.70. The van der Waals surface area contributed by atoms with E-state index in [2.05, 4.69) is 26.8 Å². The van der Waals surface area contributed by atoms with Gasteiger partial charge in [0.05, 0.1) is 0 Å². The van der Waals surface area contributed by atoms with Crippen LogP contribution in [0.5, 0.6) is 0 Å². The standard InChI is InChI=1S/C25H36O5/c1-17(10-7-11-20(24(29)30)16-23(27)28)8-6-9-18(2)12-13-21-19(3)22(26)14-15-25(21,4)5/h9-10,16H,6-8,11-15H2,1-5H3,(H,27,28)(H,29,30)/b17-10+,18-9+,20-16-. The molecule has 0 unspecified atom stereocenters. The van der Waals surface area contributed by atoms with Gasteiger partial charge in [-0.2, -0.15) is 0 Å². The first-order valence-electron chi connectivity index (χ1n) is 10.7. The minimum atomic E-state index is -1.24. The quantitative estimate of drug-likeness (QED) is 0.317. The summed E-state index contributed by atoms with van der Waals surface area (Å²) in [5.41, 5.74) is 4.74. The SMILES string of the molecule is CC1=C(CC/C(C)=C/CC/C(C)=C/CC/C(=C/C(=O)O)C(=O)O)C(C)(C)CCC1=O. The minimum Gasteiger partial charge on any atom is -0.478 e. The summed E-state index contributed by atoms with van der Waals surface area (Å²) in [5, 5.41) is 17.7. The molecule has 0 saturated heterocycles. The van der Waals surface area contributed by atoms with Crippen molar-refractivity contribution in [3.8, 4) is 0 Å². The van der Waals surface area contributed by atoms with Gasteiger partial charge in [0.15, 0.2) is 5.78 Å². The van der Waals surface area contributed by atoms with Crippen LogP contribution < -0.4 is 0 Å². The second-order valence-electron chi connectivity index (χ2n) is 8.90. The van der Waals surface area contributed by atoms with Gasteiger partial charge in [-0.1, -0.05) is 42.7 Å². The Morgan fingerprint density at radius 2 is 1.57 bits per heavy atom. The van der Waals surface area contributed by atoms with E-state index in [1.54, 1.807) is 0 Å². The third-order valence-corrected chi connectivity index (χ3v) is 5.94. The fourth-order valence-electron chi connectivity index (χ4n) is 3.90. The minimum absolute atomic E-state index is 0.0870. The average Bonchev–Trinajstić information content (AvgIpc) is 2.63. The van der Waals surface area contributed by atoms with E-state index in [-0.39, 0.29) is 23.2 Å². The second kappa shape index (κ2) is 11.7. The highest BCUT2D eigenvalue weighted by molar-refractivity contribution is 5.96. The summed E-state index contributed by atoms with van der Waals surface area (Å²) in [5.74, 6) is -2.13. The molecule has 0 aromatic rings. The Labute approximate surface area is 180 Å². The molecule has 5 heteroatoms. The third-order valence-electron chi connectivity index (χ3n) is 5.94. The topological polar surface area (TPSA) is 91.7 Å². The summed E-state index contributed by atoms with van der Waals surface area (Å²) < 4.78 is 0. The summed E-state index contributed by atoms with van der Waals surface area (Å²) in [6, 6.07) is 0. The second-order valence-corrected chi connectivity index (χ2v) is 8.90. The van der Waals surface area contributed by atoms with Crippen molar-refractivity contribution in [2.75, 3.05) is 0 Å². The molecule has 166 valence electrons. The number of carboxylic acids is 2. The van der Waals surface area contributed by atoms with Crippen LogP contribution in [0.4, 0.5) is 0 Å². The molecule has 1 aliphatic carbocycles. The van der Waals surface area contributed by atoms with Gasteiger partial charge < -0.3 is 10.2 Å². The van der Waals surface area contributed by atoms with Crippen LogP contribution in [-0.2, 0) is 14.4 Å². The lowest BCUT2D eigenvalue weighted by molar-refractivity contribution is -0.135. The predicted octanol–water partition coefficient (Wildman–Crippen LogP) is 6.02. The van der Waals surface area contributed by atoms with Crippen LogP contribution in [0.15, 0.2) is 46.1 Å². The Morgan fingerprint density at radius 1 is 1.00 bits per heavy atom. The highest BCUT2D eigenvalue weighted by atomic mass is 16.4. The lowest BCUT2D eigenvalue weighted by Crippen LogP contribution is -2.25. The van der Waals surface area contributed by atoms with E-state index in [4.69, 9.17) is 10.2 Å². The number of aliphatic carboxylic acids is 2. The van der Waals surface area contributed by atoms with Gasteiger partial charge in [0.2, 0.25) is 0 Å². The van der Waals surface area contributed by atoms with Crippen LogP contribution in [0.25, 0.3) is 0 Å². The number of hydrogen-bond acceptors (Lipinski definition) is 3. The molecular weight excluding hydrogens is 380 g/mol. The van der Waals surface area contributed by atoms with E-state index in [9.17, 15) is 14.4 Å². The molecule has 0 bridgehead atoms. The van der Waals surface area contributed by atoms with Gasteiger partial charge in [0, 0.05) is 18.1 Å². The molecule has 1 rings (SSSR count). The van der Waals surface area contributed by atoms with Gasteiger partial charge in [0.25, 0.3) is 0 Å². The molecule has 30 heavy (non-hydrogen) atoms. The zero-order chi connectivity index (χ0) is 22.9. The zero-order valence-corrected chi connectivity index (χ0v) is 19.0. The van der Waals surface area contributed by atoms with Gasteiger partial charge in [-0.15, -0.1) is 0 Å². The Bertz CT molecular complexity index is 790. The number of carboxylic acid groups (broad SMARTS) is 2. The van der Waals surface area contributed by atoms with Crippen molar-refractivity contribution in [2.24, 2.45) is 5.41 Å². The first kappa shape index (κ1) is 25.6. The van der Waals surface area contributed by atoms with Crippen LogP contribution >= 0.6 is 0 Å². The molecule has 0 radical (unpaired) electrons. The number of allylic oxidation sites excluding steroid dienone is 6. The highest BCUT2D eigenvalue weighted by Gasteiger charge is 2.31. The van der Waals surface area contributed by atoms with Crippen molar-refractivity contribution in [2.45, 2.75) is 86.0 Å². The van der Waals surface area contributed by atoms with Crippen LogP contribution in [-0.4, -0.2) is 27.9 Å². The number of carbonyl (C=O) groups is 3. The molecule has 5 nitrogen and oxygen atoms in total. The molecule has 0 fully saturated rings. The van der Waals surface area contributed by atoms with Crippen LogP contribution in [0.1, 0.15) is 86.0 Å². The molecule has 0 amide bonds. The van der Waals surface area contributed by atoms with Gasteiger partial charge in [-0.05, 0) is 76.7 Å². The predicted molar refractivity (Wildman–Crippen MR) is 119 cm³/mol. The van der Waals surface area contributed by atoms with Gasteiger partial charge >= 0.3 is 11.9 Å². The Hall–Kier alpha value is -2.43. The van der Waals surface area contributed by atoms with Crippen molar-refractivity contribution in [1.82, 2.24) is 0 Å². The number of rotatable bonds is 11. The first-order chi connectivity index (χ1) is 13.9. The van der Waals surface area contributed by atoms with E-state index >= 15 is 0 Å². The summed E-state index contributed by atoms with van der Waals surface area (Å²) in [4.78, 5) is 33.7. The number of ketones is 1. The summed E-state index contributed by atoms with van der Waals surface area (Å²) >= 11 is 0. The Morgan fingerprint density at radius 3 is 2.13 bits per heavy atom. The number of hydrogen-bond donors (Lipinski definition) is 2. The molecule has 0 aromatic carbocycles. The van der Waals surface area contributed by atoms with E-state index < -0.39 is 11.9 Å². The molecular formula is C25H36O5. The van der Waals surface area contributed by atoms with Gasteiger partial charge in [-0.25, -0.2) is 9.59 Å². The first-order valence-corrected chi connectivity index (χ1v) is 10.7. The van der Waals surface area contributed by atoms with E-state index in [0.29, 0.717) is 12.8 Å². The molecule has 0 spiro atoms. The van der Waals surface area contributed by atoms with Crippen molar-refractivity contribution >= 4 is 17.7 Å². The number of Topliss-reactive ketones (excluding diaryl/α,β-unsaturated/α-hetero) is 1. The molecule has 0 saturated carbocycles. The van der Waals surface area contributed by atoms with E-state index in [1.807, 2.05) is 19.9 Å². The summed E-state index contributed by atoms with van der Waals surface area (Å²) in [7, 11) is 0. The molecule has 0 heterocycles. The van der Waals surface area contributed by atoms with Crippen LogP contribution in [0.3, 0.4) is 0 Å². The molecule has 2 N–H and O–H groups in total. The molecule has 0 aromatic heterocycles. The molecule has 0 aliphatic heterocycles. The highest BCUT2D eigenvalue weighted by Crippen LogP contribution is 2.41. The third kappa shape index (κ3) is 8.52. The smallest absolute Gasteiger partial charge is 0.331 e. The Balaban J connectivity index is 2.52. The van der Waals surface area contributed by atoms with Crippen LogP contribution in [0.2, 0.25) is 0 Å². The number of carbonyl (C=O) groups excluding carboxylic acids is 1. The van der Waals surface area contributed by atoms with Gasteiger partial charge in [0.1, 0.15) is 0 Å². The molecule has 1 aliphatic rings.